The Hall–Kier alpha value is -0.730. The number of aliphatic hydroxyl groups is 4. The molecule has 1 aliphatic heterocycles. The summed E-state index contributed by atoms with van der Waals surface area (Å²) in [6.07, 6.45) is -6.38. The van der Waals surface area contributed by atoms with Crippen LogP contribution < -0.4 is 0 Å². The number of aliphatic hydroxyl groups excluding tert-OH is 4. The summed E-state index contributed by atoms with van der Waals surface area (Å²) in [4.78, 5) is 0. The molecule has 4 N–H and O–H groups in total. The van der Waals surface area contributed by atoms with Crippen molar-refractivity contribution in [2.24, 2.45) is 0 Å². The summed E-state index contributed by atoms with van der Waals surface area (Å²) in [6, 6.07) is 7.03. The lowest BCUT2D eigenvalue weighted by Crippen LogP contribution is -2.59. The van der Waals surface area contributed by atoms with E-state index in [0.717, 1.165) is 0 Å². The van der Waals surface area contributed by atoms with E-state index < -0.39 is 37.3 Å². The lowest BCUT2D eigenvalue weighted by molar-refractivity contribution is -0.304. The Bertz CT molecular complexity index is 441. The van der Waals surface area contributed by atoms with Crippen molar-refractivity contribution in [2.45, 2.75) is 37.3 Å². The van der Waals surface area contributed by atoms with Gasteiger partial charge >= 0.3 is 0 Å². The Morgan fingerprint density at radius 3 is 2.45 bits per heavy atom. The summed E-state index contributed by atoms with van der Waals surface area (Å²) in [5.74, 6) is 0. The van der Waals surface area contributed by atoms with Crippen LogP contribution in [0.2, 0.25) is 5.02 Å². The molecule has 7 heteroatoms. The third kappa shape index (κ3) is 3.29. The van der Waals surface area contributed by atoms with Gasteiger partial charge in [0, 0.05) is 5.02 Å². The lowest BCUT2D eigenvalue weighted by Gasteiger charge is -2.39. The number of hydrogen-bond acceptors (Lipinski definition) is 6. The normalized spacial score (nSPS) is 34.1. The molecule has 0 saturated carbocycles. The maximum Gasteiger partial charge on any atom is 0.187 e. The second kappa shape index (κ2) is 6.82. The third-order valence-corrected chi connectivity index (χ3v) is 3.58. The van der Waals surface area contributed by atoms with E-state index in [1.807, 2.05) is 0 Å². The van der Waals surface area contributed by atoms with E-state index in [0.29, 0.717) is 10.6 Å². The van der Waals surface area contributed by atoms with Crippen molar-refractivity contribution in [3.63, 3.8) is 0 Å². The molecule has 0 aromatic heterocycles. The van der Waals surface area contributed by atoms with Crippen molar-refractivity contribution >= 4 is 11.6 Å². The predicted octanol–water partition coefficient (Wildman–Crippen LogP) is -0.343. The standard InChI is InChI=1S/C13H17ClO6/c14-8-4-2-1-3-7(8)6-19-13-12(18)11(17)10(16)9(5-15)20-13/h1-4,9-13,15-18H,5-6H2/t9-,10-,11+,12-,13-/m1/s1. The Morgan fingerprint density at radius 1 is 1.10 bits per heavy atom. The van der Waals surface area contributed by atoms with E-state index >= 15 is 0 Å². The smallest absolute Gasteiger partial charge is 0.187 e. The van der Waals surface area contributed by atoms with Crippen molar-refractivity contribution in [3.8, 4) is 0 Å². The minimum atomic E-state index is -1.45. The summed E-state index contributed by atoms with van der Waals surface area (Å²) in [5.41, 5.74) is 0.700. The first kappa shape index (κ1) is 15.7. The fourth-order valence-electron chi connectivity index (χ4n) is 1.99. The van der Waals surface area contributed by atoms with Crippen LogP contribution in [0, 0.1) is 0 Å². The Morgan fingerprint density at radius 2 is 1.80 bits per heavy atom. The first-order chi connectivity index (χ1) is 9.54. The van der Waals surface area contributed by atoms with Crippen molar-refractivity contribution in [2.75, 3.05) is 6.61 Å². The minimum Gasteiger partial charge on any atom is -0.394 e. The van der Waals surface area contributed by atoms with E-state index in [-0.39, 0.29) is 6.61 Å². The van der Waals surface area contributed by atoms with Gasteiger partial charge in [-0.1, -0.05) is 29.8 Å². The van der Waals surface area contributed by atoms with Gasteiger partial charge in [-0.25, -0.2) is 0 Å². The van der Waals surface area contributed by atoms with Crippen LogP contribution in [0.4, 0.5) is 0 Å². The van der Waals surface area contributed by atoms with Gasteiger partial charge in [0.15, 0.2) is 6.29 Å². The molecule has 0 amide bonds. The molecule has 0 spiro atoms. The fraction of sp³-hybridized carbons (Fsp3) is 0.538. The Balaban J connectivity index is 2.00. The van der Waals surface area contributed by atoms with E-state index in [1.165, 1.54) is 0 Å². The molecule has 0 aliphatic carbocycles. The van der Waals surface area contributed by atoms with Gasteiger partial charge in [0.25, 0.3) is 0 Å². The molecule has 112 valence electrons. The second-order valence-electron chi connectivity index (χ2n) is 4.60. The molecular weight excluding hydrogens is 288 g/mol. The van der Waals surface area contributed by atoms with Crippen LogP contribution in [0.5, 0.6) is 0 Å². The molecule has 1 aromatic carbocycles. The topological polar surface area (TPSA) is 99.4 Å². The van der Waals surface area contributed by atoms with E-state index in [1.54, 1.807) is 24.3 Å². The summed E-state index contributed by atoms with van der Waals surface area (Å²) in [6.45, 7) is -0.417. The monoisotopic (exact) mass is 304 g/mol. The molecule has 0 unspecified atom stereocenters. The maximum atomic E-state index is 9.79. The van der Waals surface area contributed by atoms with Crippen LogP contribution in [0.1, 0.15) is 5.56 Å². The highest BCUT2D eigenvalue weighted by atomic mass is 35.5. The molecule has 6 nitrogen and oxygen atoms in total. The second-order valence-corrected chi connectivity index (χ2v) is 5.01. The van der Waals surface area contributed by atoms with Crippen LogP contribution in [0.15, 0.2) is 24.3 Å². The van der Waals surface area contributed by atoms with Gasteiger partial charge in [0.2, 0.25) is 0 Å². The van der Waals surface area contributed by atoms with Gasteiger partial charge in [0.05, 0.1) is 13.2 Å². The molecule has 5 atom stereocenters. The van der Waals surface area contributed by atoms with E-state index in [2.05, 4.69) is 0 Å². The van der Waals surface area contributed by atoms with Crippen molar-refractivity contribution in [1.29, 1.82) is 0 Å². The maximum absolute atomic E-state index is 9.79. The van der Waals surface area contributed by atoms with Gasteiger partial charge in [-0.15, -0.1) is 0 Å². The van der Waals surface area contributed by atoms with Gasteiger partial charge in [-0.3, -0.25) is 0 Å². The Labute approximate surface area is 121 Å². The molecule has 1 aliphatic rings. The molecule has 20 heavy (non-hydrogen) atoms. The average molecular weight is 305 g/mol. The first-order valence-corrected chi connectivity index (χ1v) is 6.58. The fourth-order valence-corrected chi connectivity index (χ4v) is 2.18. The van der Waals surface area contributed by atoms with Gasteiger partial charge in [-0.05, 0) is 11.6 Å². The van der Waals surface area contributed by atoms with Crippen LogP contribution in [-0.2, 0) is 16.1 Å². The average Bonchev–Trinajstić information content (AvgIpc) is 2.46. The highest BCUT2D eigenvalue weighted by Crippen LogP contribution is 2.24. The largest absolute Gasteiger partial charge is 0.394 e. The first-order valence-electron chi connectivity index (χ1n) is 6.20. The van der Waals surface area contributed by atoms with Gasteiger partial charge in [-0.2, -0.15) is 0 Å². The van der Waals surface area contributed by atoms with Gasteiger partial charge < -0.3 is 29.9 Å². The van der Waals surface area contributed by atoms with Crippen LogP contribution >= 0.6 is 11.6 Å². The Kier molecular flexibility index (Phi) is 5.34. The zero-order valence-corrected chi connectivity index (χ0v) is 11.3. The summed E-state index contributed by atoms with van der Waals surface area (Å²) >= 11 is 5.97. The van der Waals surface area contributed by atoms with Crippen LogP contribution in [0.25, 0.3) is 0 Å². The summed E-state index contributed by atoms with van der Waals surface area (Å²) in [7, 11) is 0. The molecular formula is C13H17ClO6. The molecule has 1 heterocycles. The van der Waals surface area contributed by atoms with E-state index in [9.17, 15) is 15.3 Å². The van der Waals surface area contributed by atoms with Crippen LogP contribution in [0.3, 0.4) is 0 Å². The molecule has 2 rings (SSSR count). The molecule has 1 aromatic rings. The zero-order valence-electron chi connectivity index (χ0n) is 10.6. The molecule has 1 fully saturated rings. The van der Waals surface area contributed by atoms with Crippen molar-refractivity contribution < 1.29 is 29.9 Å². The number of halogens is 1. The number of ether oxygens (including phenoxy) is 2. The molecule has 0 radical (unpaired) electrons. The minimum absolute atomic E-state index is 0.0718. The lowest BCUT2D eigenvalue weighted by atomic mass is 9.99. The quantitative estimate of drug-likeness (QED) is 0.607. The molecule has 1 saturated heterocycles. The van der Waals surface area contributed by atoms with Crippen LogP contribution in [-0.4, -0.2) is 57.7 Å². The van der Waals surface area contributed by atoms with Crippen molar-refractivity contribution in [1.82, 2.24) is 0 Å². The van der Waals surface area contributed by atoms with E-state index in [4.69, 9.17) is 26.2 Å². The predicted molar refractivity (Wildman–Crippen MR) is 70.0 cm³/mol. The highest BCUT2D eigenvalue weighted by Gasteiger charge is 2.43. The SMILES string of the molecule is OC[C@H]1O[C@@H](OCc2ccccc2Cl)[C@H](O)[C@@H](O)[C@@H]1O. The summed E-state index contributed by atoms with van der Waals surface area (Å²) in [5, 5.41) is 38.6. The number of rotatable bonds is 4. The third-order valence-electron chi connectivity index (χ3n) is 3.21. The highest BCUT2D eigenvalue weighted by molar-refractivity contribution is 6.31. The number of hydrogen-bond donors (Lipinski definition) is 4. The zero-order chi connectivity index (χ0) is 14.7. The van der Waals surface area contributed by atoms with Gasteiger partial charge in [0.1, 0.15) is 24.4 Å². The number of benzene rings is 1. The van der Waals surface area contributed by atoms with Crippen molar-refractivity contribution in [3.05, 3.63) is 34.9 Å². The molecule has 0 bridgehead atoms. The summed E-state index contributed by atoms with van der Waals surface area (Å²) < 4.78 is 10.6.